The van der Waals surface area contributed by atoms with E-state index in [-0.39, 0.29) is 24.0 Å². The zero-order chi connectivity index (χ0) is 31.1. The number of carbonyl (C=O) groups is 2. The molecular formula is C34H42ClN7O2. The first-order valence-electron chi connectivity index (χ1n) is 15.3. The Morgan fingerprint density at radius 3 is 2.52 bits per heavy atom. The first kappa shape index (κ1) is 31.3. The Morgan fingerprint density at radius 2 is 1.84 bits per heavy atom. The molecule has 9 nitrogen and oxygen atoms in total. The molecule has 1 aromatic heterocycles. The molecule has 5 rings (SSSR count). The van der Waals surface area contributed by atoms with Crippen molar-refractivity contribution in [3.8, 4) is 0 Å². The molecule has 0 radical (unpaired) electrons. The van der Waals surface area contributed by atoms with Gasteiger partial charge in [-0.15, -0.1) is 0 Å². The summed E-state index contributed by atoms with van der Waals surface area (Å²) in [6, 6.07) is 20.0. The van der Waals surface area contributed by atoms with Crippen molar-refractivity contribution in [2.45, 2.75) is 57.3 Å². The van der Waals surface area contributed by atoms with E-state index in [2.05, 4.69) is 51.3 Å². The maximum Gasteiger partial charge on any atom is 0.322 e. The van der Waals surface area contributed by atoms with Crippen molar-refractivity contribution < 1.29 is 9.59 Å². The van der Waals surface area contributed by atoms with Gasteiger partial charge in [-0.05, 0) is 81.6 Å². The number of rotatable bonds is 9. The summed E-state index contributed by atoms with van der Waals surface area (Å²) in [6.07, 6.45) is 6.32. The molecule has 10 heteroatoms. The summed E-state index contributed by atoms with van der Waals surface area (Å²) in [7, 11) is 2.13. The Bertz CT molecular complexity index is 1430. The number of aromatic nitrogens is 1. The lowest BCUT2D eigenvalue weighted by Crippen LogP contribution is -2.50. The molecule has 2 aromatic carbocycles. The molecule has 232 valence electrons. The Morgan fingerprint density at radius 1 is 1.07 bits per heavy atom. The molecule has 0 unspecified atom stereocenters. The van der Waals surface area contributed by atoms with Gasteiger partial charge in [0.1, 0.15) is 5.82 Å². The molecular weight excluding hydrogens is 574 g/mol. The second kappa shape index (κ2) is 14.6. The van der Waals surface area contributed by atoms with Crippen molar-refractivity contribution in [2.24, 2.45) is 0 Å². The summed E-state index contributed by atoms with van der Waals surface area (Å²) in [5.74, 6) is 0.514. The van der Waals surface area contributed by atoms with E-state index in [4.69, 9.17) is 11.6 Å². The van der Waals surface area contributed by atoms with E-state index >= 15 is 0 Å². The SMILES string of the molecule is C=CC(=O)Nc1cc(N(C(=O)NCc2ccccc2)C2CCC(Nc3ccc(Cl)cn3)CC2)ccc1N1CCN(C)[C@@H](C)C1. The number of hydrogen-bond donors (Lipinski definition) is 3. The number of benzene rings is 2. The predicted octanol–water partition coefficient (Wildman–Crippen LogP) is 6.14. The fourth-order valence-corrected chi connectivity index (χ4v) is 6.11. The molecule has 1 atom stereocenters. The summed E-state index contributed by atoms with van der Waals surface area (Å²) in [5.41, 5.74) is 3.39. The number of piperazine rings is 1. The van der Waals surface area contributed by atoms with Gasteiger partial charge in [0.15, 0.2) is 0 Å². The van der Waals surface area contributed by atoms with Gasteiger partial charge in [-0.25, -0.2) is 9.78 Å². The van der Waals surface area contributed by atoms with Gasteiger partial charge in [0, 0.05) is 56.2 Å². The number of pyridine rings is 1. The average molecular weight is 616 g/mol. The van der Waals surface area contributed by atoms with Crippen molar-refractivity contribution in [2.75, 3.05) is 47.1 Å². The van der Waals surface area contributed by atoms with E-state index in [0.717, 1.165) is 68.1 Å². The largest absolute Gasteiger partial charge is 0.367 e. The van der Waals surface area contributed by atoms with Crippen molar-refractivity contribution >= 4 is 46.4 Å². The molecule has 3 N–H and O–H groups in total. The van der Waals surface area contributed by atoms with Crippen LogP contribution in [-0.4, -0.2) is 66.6 Å². The molecule has 1 aliphatic carbocycles. The Hall–Kier alpha value is -4.08. The number of halogens is 1. The summed E-state index contributed by atoms with van der Waals surface area (Å²) >= 11 is 6.01. The fraction of sp³-hybridized carbons (Fsp3) is 0.382. The normalized spacial score (nSPS) is 20.4. The van der Waals surface area contributed by atoms with Crippen LogP contribution >= 0.6 is 11.6 Å². The van der Waals surface area contributed by atoms with Gasteiger partial charge in [0.05, 0.1) is 16.4 Å². The van der Waals surface area contributed by atoms with Gasteiger partial charge in [-0.2, -0.15) is 0 Å². The average Bonchev–Trinajstić information content (AvgIpc) is 3.04. The van der Waals surface area contributed by atoms with Gasteiger partial charge < -0.3 is 25.8 Å². The summed E-state index contributed by atoms with van der Waals surface area (Å²) < 4.78 is 0. The van der Waals surface area contributed by atoms with E-state index in [1.165, 1.54) is 6.08 Å². The molecule has 1 saturated heterocycles. The molecule has 1 saturated carbocycles. The smallest absolute Gasteiger partial charge is 0.322 e. The predicted molar refractivity (Wildman–Crippen MR) is 180 cm³/mol. The third-order valence-corrected chi connectivity index (χ3v) is 8.87. The molecule has 44 heavy (non-hydrogen) atoms. The van der Waals surface area contributed by atoms with Gasteiger partial charge >= 0.3 is 6.03 Å². The zero-order valence-corrected chi connectivity index (χ0v) is 26.3. The highest BCUT2D eigenvalue weighted by Crippen LogP contribution is 2.36. The van der Waals surface area contributed by atoms with Crippen LogP contribution in [0.25, 0.3) is 0 Å². The van der Waals surface area contributed by atoms with Gasteiger partial charge in [-0.1, -0.05) is 48.5 Å². The fourth-order valence-electron chi connectivity index (χ4n) is 6.00. The van der Waals surface area contributed by atoms with Crippen LogP contribution in [0.5, 0.6) is 0 Å². The van der Waals surface area contributed by atoms with Crippen molar-refractivity contribution in [1.29, 1.82) is 0 Å². The number of hydrogen-bond acceptors (Lipinski definition) is 6. The van der Waals surface area contributed by atoms with Gasteiger partial charge in [0.2, 0.25) is 5.91 Å². The van der Waals surface area contributed by atoms with Crippen LogP contribution in [0, 0.1) is 0 Å². The second-order valence-corrected chi connectivity index (χ2v) is 12.1. The minimum Gasteiger partial charge on any atom is -0.367 e. The highest BCUT2D eigenvalue weighted by atomic mass is 35.5. The Kier molecular flexibility index (Phi) is 10.4. The Balaban J connectivity index is 1.39. The third-order valence-electron chi connectivity index (χ3n) is 8.65. The van der Waals surface area contributed by atoms with E-state index in [1.807, 2.05) is 65.6 Å². The van der Waals surface area contributed by atoms with Crippen LogP contribution in [-0.2, 0) is 11.3 Å². The lowest BCUT2D eigenvalue weighted by molar-refractivity contribution is -0.111. The molecule has 2 aliphatic rings. The molecule has 3 aromatic rings. The quantitative estimate of drug-likeness (QED) is 0.251. The van der Waals surface area contributed by atoms with Crippen LogP contribution in [0.3, 0.4) is 0 Å². The first-order chi connectivity index (χ1) is 21.3. The van der Waals surface area contributed by atoms with E-state index < -0.39 is 0 Å². The highest BCUT2D eigenvalue weighted by Gasteiger charge is 2.31. The van der Waals surface area contributed by atoms with Crippen LogP contribution in [0.1, 0.15) is 38.2 Å². The topological polar surface area (TPSA) is 92.8 Å². The van der Waals surface area contributed by atoms with E-state index in [0.29, 0.717) is 23.3 Å². The van der Waals surface area contributed by atoms with Crippen LogP contribution in [0.2, 0.25) is 5.02 Å². The maximum atomic E-state index is 13.9. The number of nitrogens with one attached hydrogen (secondary N) is 3. The minimum atomic E-state index is -0.284. The van der Waals surface area contributed by atoms with E-state index in [1.54, 1.807) is 6.20 Å². The minimum absolute atomic E-state index is 0.0144. The zero-order valence-electron chi connectivity index (χ0n) is 25.5. The number of urea groups is 1. The Labute approximate surface area is 265 Å². The summed E-state index contributed by atoms with van der Waals surface area (Å²) in [4.78, 5) is 37.4. The van der Waals surface area contributed by atoms with E-state index in [9.17, 15) is 9.59 Å². The van der Waals surface area contributed by atoms with Gasteiger partial charge in [-0.3, -0.25) is 9.69 Å². The highest BCUT2D eigenvalue weighted by molar-refractivity contribution is 6.30. The number of carbonyl (C=O) groups excluding carboxylic acids is 2. The maximum absolute atomic E-state index is 13.9. The number of anilines is 4. The third kappa shape index (κ3) is 7.89. The molecule has 2 fully saturated rings. The van der Waals surface area contributed by atoms with Crippen molar-refractivity contribution in [3.63, 3.8) is 0 Å². The monoisotopic (exact) mass is 615 g/mol. The number of likely N-dealkylation sites (N-methyl/N-ethyl adjacent to an activating group) is 1. The summed E-state index contributed by atoms with van der Waals surface area (Å²) in [6.45, 7) is 8.89. The van der Waals surface area contributed by atoms with Crippen LogP contribution in [0.15, 0.2) is 79.5 Å². The standard InChI is InChI=1S/C34H42ClN7O2/c1-4-33(43)39-30-20-29(15-16-31(30)41-19-18-40(3)24(2)23-41)42(34(44)37-21-25-8-6-5-7-9-25)28-13-11-27(12-14-28)38-32-17-10-26(35)22-36-32/h4-10,15-17,20,22,24,27-28H,1,11-14,18-19,21,23H2,2-3H3,(H,36,38)(H,37,44)(H,39,43)/t24-,27?,28?/m0/s1. The first-order valence-corrected chi connectivity index (χ1v) is 15.7. The summed E-state index contributed by atoms with van der Waals surface area (Å²) in [5, 5.41) is 10.3. The lowest BCUT2D eigenvalue weighted by Gasteiger charge is -2.40. The number of amides is 3. The molecule has 1 aliphatic heterocycles. The van der Waals surface area contributed by atoms with Gasteiger partial charge in [0.25, 0.3) is 0 Å². The van der Waals surface area contributed by atoms with Crippen LogP contribution < -0.4 is 25.8 Å². The second-order valence-electron chi connectivity index (χ2n) is 11.7. The van der Waals surface area contributed by atoms with Crippen molar-refractivity contribution in [3.05, 3.63) is 90.1 Å². The van der Waals surface area contributed by atoms with Crippen LogP contribution in [0.4, 0.5) is 27.7 Å². The molecule has 2 heterocycles. The molecule has 0 spiro atoms. The van der Waals surface area contributed by atoms with Crippen molar-refractivity contribution in [1.82, 2.24) is 15.2 Å². The molecule has 3 amide bonds. The molecule has 0 bridgehead atoms. The number of nitrogens with zero attached hydrogens (tertiary/aromatic N) is 4. The lowest BCUT2D eigenvalue weighted by atomic mass is 9.89.